The minimum absolute atomic E-state index is 0.0723. The molecule has 0 heterocycles. The fraction of sp³-hybridized carbons (Fsp3) is 0.263. The number of ether oxygens (including phenoxy) is 1. The van der Waals surface area contributed by atoms with E-state index in [2.05, 4.69) is 24.5 Å². The molecule has 25 heavy (non-hydrogen) atoms. The van der Waals surface area contributed by atoms with Crippen molar-refractivity contribution in [2.45, 2.75) is 13.8 Å². The smallest absolute Gasteiger partial charge is 0.248 e. The Balaban J connectivity index is 1.94. The highest BCUT2D eigenvalue weighted by atomic mass is 16.5. The second kappa shape index (κ2) is 8.73. The first kappa shape index (κ1) is 18.3. The number of amides is 2. The van der Waals surface area contributed by atoms with Crippen LogP contribution in [-0.2, 0) is 4.79 Å². The van der Waals surface area contributed by atoms with E-state index in [0.717, 1.165) is 5.69 Å². The molecular formula is C19H23N3O3. The normalized spacial score (nSPS) is 10.4. The van der Waals surface area contributed by atoms with Crippen molar-refractivity contribution in [3.05, 3.63) is 54.1 Å². The van der Waals surface area contributed by atoms with Crippen LogP contribution in [0.25, 0.3) is 0 Å². The molecule has 0 atom stereocenters. The molecule has 0 aliphatic rings. The lowest BCUT2D eigenvalue weighted by atomic mass is 10.2. The van der Waals surface area contributed by atoms with E-state index in [4.69, 9.17) is 10.5 Å². The lowest BCUT2D eigenvalue weighted by Gasteiger charge is -2.14. The van der Waals surface area contributed by atoms with Gasteiger partial charge in [-0.3, -0.25) is 9.59 Å². The second-order valence-corrected chi connectivity index (χ2v) is 6.05. The summed E-state index contributed by atoms with van der Waals surface area (Å²) < 4.78 is 5.75. The van der Waals surface area contributed by atoms with E-state index in [1.165, 1.54) is 0 Å². The van der Waals surface area contributed by atoms with Gasteiger partial charge in [0.25, 0.3) is 0 Å². The van der Waals surface area contributed by atoms with Crippen LogP contribution in [0.5, 0.6) is 5.75 Å². The van der Waals surface area contributed by atoms with Crippen LogP contribution in [0.2, 0.25) is 0 Å². The molecule has 6 heteroatoms. The summed E-state index contributed by atoms with van der Waals surface area (Å²) in [4.78, 5) is 23.3. The number of carbonyl (C=O) groups excluding carboxylic acids is 2. The number of hydrogen-bond acceptors (Lipinski definition) is 4. The van der Waals surface area contributed by atoms with Gasteiger partial charge >= 0.3 is 0 Å². The summed E-state index contributed by atoms with van der Waals surface area (Å²) in [7, 11) is 0. The van der Waals surface area contributed by atoms with Crippen molar-refractivity contribution in [1.82, 2.24) is 0 Å². The molecule has 0 saturated heterocycles. The van der Waals surface area contributed by atoms with Gasteiger partial charge in [0.1, 0.15) is 5.75 Å². The first-order valence-corrected chi connectivity index (χ1v) is 8.11. The Morgan fingerprint density at radius 2 is 1.88 bits per heavy atom. The van der Waals surface area contributed by atoms with Crippen LogP contribution >= 0.6 is 0 Å². The van der Waals surface area contributed by atoms with Gasteiger partial charge in [-0.1, -0.05) is 32.0 Å². The molecule has 0 aliphatic carbocycles. The third-order valence-electron chi connectivity index (χ3n) is 3.33. The molecule has 6 nitrogen and oxygen atoms in total. The number of anilines is 2. The lowest BCUT2D eigenvalue weighted by molar-refractivity contribution is -0.114. The molecule has 0 aromatic heterocycles. The average molecular weight is 341 g/mol. The van der Waals surface area contributed by atoms with Crippen LogP contribution in [0.1, 0.15) is 24.2 Å². The van der Waals surface area contributed by atoms with Crippen LogP contribution < -0.4 is 21.1 Å². The summed E-state index contributed by atoms with van der Waals surface area (Å²) in [6.45, 7) is 4.82. The van der Waals surface area contributed by atoms with Gasteiger partial charge in [0, 0.05) is 11.3 Å². The van der Waals surface area contributed by atoms with E-state index in [1.54, 1.807) is 24.3 Å². The predicted octanol–water partition coefficient (Wildman–Crippen LogP) is 2.87. The Hall–Kier alpha value is -3.02. The van der Waals surface area contributed by atoms with Crippen molar-refractivity contribution in [2.24, 2.45) is 11.7 Å². The van der Waals surface area contributed by atoms with Gasteiger partial charge in [-0.2, -0.15) is 0 Å². The van der Waals surface area contributed by atoms with Crippen molar-refractivity contribution in [2.75, 3.05) is 23.8 Å². The van der Waals surface area contributed by atoms with Gasteiger partial charge < -0.3 is 21.1 Å². The quantitative estimate of drug-likeness (QED) is 0.688. The van der Waals surface area contributed by atoms with Gasteiger partial charge in [0.15, 0.2) is 0 Å². The number of primary amides is 1. The number of nitrogens with one attached hydrogen (secondary N) is 2. The number of rotatable bonds is 8. The molecular weight excluding hydrogens is 318 g/mol. The monoisotopic (exact) mass is 341 g/mol. The zero-order valence-electron chi connectivity index (χ0n) is 14.4. The van der Waals surface area contributed by atoms with E-state index < -0.39 is 5.91 Å². The molecule has 2 rings (SSSR count). The van der Waals surface area contributed by atoms with Crippen LogP contribution in [0.3, 0.4) is 0 Å². The molecule has 2 aromatic rings. The summed E-state index contributed by atoms with van der Waals surface area (Å²) >= 11 is 0. The Morgan fingerprint density at radius 1 is 1.12 bits per heavy atom. The number of para-hydroxylation sites is 2. The summed E-state index contributed by atoms with van der Waals surface area (Å²) in [5.41, 5.74) is 6.86. The molecule has 4 N–H and O–H groups in total. The highest BCUT2D eigenvalue weighted by Crippen LogP contribution is 2.24. The van der Waals surface area contributed by atoms with Crippen molar-refractivity contribution in [1.29, 1.82) is 0 Å². The van der Waals surface area contributed by atoms with E-state index in [0.29, 0.717) is 29.5 Å². The molecule has 0 radical (unpaired) electrons. The average Bonchev–Trinajstić information content (AvgIpc) is 2.59. The molecule has 0 saturated carbocycles. The fourth-order valence-electron chi connectivity index (χ4n) is 2.13. The Kier molecular flexibility index (Phi) is 6.39. The van der Waals surface area contributed by atoms with Crippen LogP contribution in [0.4, 0.5) is 11.4 Å². The third kappa shape index (κ3) is 5.84. The van der Waals surface area contributed by atoms with Gasteiger partial charge in [0.05, 0.1) is 18.8 Å². The fourth-order valence-corrected chi connectivity index (χ4v) is 2.13. The SMILES string of the molecule is CC(C)COc1ccccc1NCC(=O)Nc1cccc(C(N)=O)c1. The molecule has 2 amide bonds. The van der Waals surface area contributed by atoms with Gasteiger partial charge in [-0.25, -0.2) is 0 Å². The second-order valence-electron chi connectivity index (χ2n) is 6.05. The van der Waals surface area contributed by atoms with Crippen molar-refractivity contribution in [3.8, 4) is 5.75 Å². The molecule has 0 unspecified atom stereocenters. The molecule has 0 aliphatic heterocycles. The van der Waals surface area contributed by atoms with Crippen LogP contribution in [0, 0.1) is 5.92 Å². The first-order valence-electron chi connectivity index (χ1n) is 8.11. The summed E-state index contributed by atoms with van der Waals surface area (Å²) in [6, 6.07) is 14.0. The Labute approximate surface area is 147 Å². The number of benzene rings is 2. The van der Waals surface area contributed by atoms with Gasteiger partial charge in [-0.05, 0) is 36.2 Å². The predicted molar refractivity (Wildman–Crippen MR) is 98.9 cm³/mol. The summed E-state index contributed by atoms with van der Waals surface area (Å²) in [6.07, 6.45) is 0. The molecule has 2 aromatic carbocycles. The molecule has 132 valence electrons. The summed E-state index contributed by atoms with van der Waals surface area (Å²) in [5.74, 6) is 0.347. The lowest BCUT2D eigenvalue weighted by Crippen LogP contribution is -2.22. The minimum Gasteiger partial charge on any atom is -0.491 e. The zero-order chi connectivity index (χ0) is 18.2. The van der Waals surface area contributed by atoms with Crippen LogP contribution in [-0.4, -0.2) is 25.0 Å². The highest BCUT2D eigenvalue weighted by Gasteiger charge is 2.08. The van der Waals surface area contributed by atoms with E-state index >= 15 is 0 Å². The van der Waals surface area contributed by atoms with Gasteiger partial charge in [-0.15, -0.1) is 0 Å². The molecule has 0 fully saturated rings. The van der Waals surface area contributed by atoms with Gasteiger partial charge in [0.2, 0.25) is 11.8 Å². The zero-order valence-corrected chi connectivity index (χ0v) is 14.4. The maximum atomic E-state index is 12.1. The highest BCUT2D eigenvalue weighted by molar-refractivity contribution is 5.97. The minimum atomic E-state index is -0.537. The van der Waals surface area contributed by atoms with E-state index in [-0.39, 0.29) is 12.5 Å². The topological polar surface area (TPSA) is 93.4 Å². The molecule has 0 spiro atoms. The van der Waals surface area contributed by atoms with E-state index in [9.17, 15) is 9.59 Å². The first-order chi connectivity index (χ1) is 12.0. The van der Waals surface area contributed by atoms with Crippen molar-refractivity contribution >= 4 is 23.2 Å². The third-order valence-corrected chi connectivity index (χ3v) is 3.33. The number of hydrogen-bond donors (Lipinski definition) is 3. The van der Waals surface area contributed by atoms with Crippen molar-refractivity contribution < 1.29 is 14.3 Å². The number of carbonyl (C=O) groups is 2. The molecule has 0 bridgehead atoms. The largest absolute Gasteiger partial charge is 0.491 e. The van der Waals surface area contributed by atoms with E-state index in [1.807, 2.05) is 24.3 Å². The maximum absolute atomic E-state index is 12.1. The summed E-state index contributed by atoms with van der Waals surface area (Å²) in [5, 5.41) is 5.79. The Morgan fingerprint density at radius 3 is 2.60 bits per heavy atom. The number of nitrogens with two attached hydrogens (primary N) is 1. The Bertz CT molecular complexity index is 744. The maximum Gasteiger partial charge on any atom is 0.248 e. The standard InChI is InChI=1S/C19H23N3O3/c1-13(2)12-25-17-9-4-3-8-16(17)21-11-18(23)22-15-7-5-6-14(10-15)19(20)24/h3-10,13,21H,11-12H2,1-2H3,(H2,20,24)(H,22,23). The van der Waals surface area contributed by atoms with Crippen molar-refractivity contribution in [3.63, 3.8) is 0 Å². The van der Waals surface area contributed by atoms with Crippen LogP contribution in [0.15, 0.2) is 48.5 Å².